The van der Waals surface area contributed by atoms with E-state index in [-0.39, 0.29) is 17.8 Å². The maximum atomic E-state index is 12.1. The zero-order valence-corrected chi connectivity index (χ0v) is 12.4. The number of nitrogens with zero attached hydrogens (tertiary/aromatic N) is 1. The summed E-state index contributed by atoms with van der Waals surface area (Å²) in [6.07, 6.45) is 2.30. The van der Waals surface area contributed by atoms with E-state index in [2.05, 4.69) is 12.2 Å². The molecule has 1 amide bonds. The molecule has 1 aliphatic rings. The minimum atomic E-state index is -0.228. The number of piperidine rings is 1. The van der Waals surface area contributed by atoms with Crippen molar-refractivity contribution in [2.24, 2.45) is 11.3 Å². The van der Waals surface area contributed by atoms with Crippen LogP contribution < -0.4 is 5.32 Å². The number of carbonyl (C=O) groups excluding carboxylic acids is 1. The van der Waals surface area contributed by atoms with Crippen LogP contribution in [0.5, 0.6) is 0 Å². The van der Waals surface area contributed by atoms with E-state index in [4.69, 9.17) is 0 Å². The minimum absolute atomic E-state index is 0. The first-order valence-electron chi connectivity index (χ1n) is 6.45. The van der Waals surface area contributed by atoms with E-state index in [9.17, 15) is 4.79 Å². The molecule has 102 valence electrons. The van der Waals surface area contributed by atoms with Crippen molar-refractivity contribution in [1.29, 1.82) is 0 Å². The molecule has 1 fully saturated rings. The van der Waals surface area contributed by atoms with Crippen LogP contribution in [0.15, 0.2) is 0 Å². The predicted octanol–water partition coefficient (Wildman–Crippen LogP) is 2.30. The third kappa shape index (κ3) is 5.26. The predicted molar refractivity (Wildman–Crippen MR) is 74.6 cm³/mol. The monoisotopic (exact) mass is 262 g/mol. The Morgan fingerprint density at radius 1 is 1.29 bits per heavy atom. The van der Waals surface area contributed by atoms with E-state index in [0.29, 0.717) is 5.91 Å². The highest BCUT2D eigenvalue weighted by atomic mass is 35.5. The fourth-order valence-corrected chi connectivity index (χ4v) is 2.16. The molecule has 0 unspecified atom stereocenters. The van der Waals surface area contributed by atoms with Gasteiger partial charge in [0.2, 0.25) is 5.91 Å². The summed E-state index contributed by atoms with van der Waals surface area (Å²) >= 11 is 0. The zero-order valence-electron chi connectivity index (χ0n) is 11.6. The molecule has 1 saturated heterocycles. The standard InChI is InChI=1S/C13H26N2O.ClH/c1-5-14-10-11-6-8-15(9-7-11)12(16)13(2,3)4;/h11,14H,5-10H2,1-4H3;1H. The molecule has 0 radical (unpaired) electrons. The molecule has 4 heteroatoms. The second-order valence-corrected chi connectivity index (χ2v) is 5.79. The lowest BCUT2D eigenvalue weighted by Crippen LogP contribution is -2.45. The summed E-state index contributed by atoms with van der Waals surface area (Å²) in [5, 5.41) is 3.39. The molecule has 17 heavy (non-hydrogen) atoms. The highest BCUT2D eigenvalue weighted by molar-refractivity contribution is 5.85. The van der Waals surface area contributed by atoms with Crippen LogP contribution in [0, 0.1) is 11.3 Å². The summed E-state index contributed by atoms with van der Waals surface area (Å²) in [7, 11) is 0. The summed E-state index contributed by atoms with van der Waals surface area (Å²) in [4.78, 5) is 14.1. The van der Waals surface area contributed by atoms with Gasteiger partial charge in [0.05, 0.1) is 0 Å². The number of amides is 1. The van der Waals surface area contributed by atoms with Gasteiger partial charge in [-0.05, 0) is 31.8 Å². The van der Waals surface area contributed by atoms with E-state index >= 15 is 0 Å². The van der Waals surface area contributed by atoms with Gasteiger partial charge in [0, 0.05) is 18.5 Å². The van der Waals surface area contributed by atoms with Crippen molar-refractivity contribution < 1.29 is 4.79 Å². The molecule has 0 saturated carbocycles. The Balaban J connectivity index is 0.00000256. The number of halogens is 1. The lowest BCUT2D eigenvalue weighted by atomic mass is 9.91. The van der Waals surface area contributed by atoms with Crippen LogP contribution in [0.25, 0.3) is 0 Å². The fraction of sp³-hybridized carbons (Fsp3) is 0.923. The van der Waals surface area contributed by atoms with Crippen LogP contribution in [-0.4, -0.2) is 37.0 Å². The molecular formula is C13H27ClN2O. The van der Waals surface area contributed by atoms with E-state index in [1.165, 1.54) is 0 Å². The molecule has 0 bridgehead atoms. The van der Waals surface area contributed by atoms with Gasteiger partial charge in [-0.3, -0.25) is 4.79 Å². The molecule has 0 spiro atoms. The van der Waals surface area contributed by atoms with Crippen molar-refractivity contribution in [3.8, 4) is 0 Å². The summed E-state index contributed by atoms with van der Waals surface area (Å²) in [5.41, 5.74) is -0.228. The molecule has 1 aliphatic heterocycles. The topological polar surface area (TPSA) is 32.3 Å². The summed E-state index contributed by atoms with van der Waals surface area (Å²) < 4.78 is 0. The average Bonchev–Trinajstić information content (AvgIpc) is 2.25. The largest absolute Gasteiger partial charge is 0.342 e. The molecule has 3 nitrogen and oxygen atoms in total. The highest BCUT2D eigenvalue weighted by Gasteiger charge is 2.29. The van der Waals surface area contributed by atoms with Gasteiger partial charge < -0.3 is 10.2 Å². The first kappa shape index (κ1) is 16.7. The van der Waals surface area contributed by atoms with Crippen molar-refractivity contribution in [3.63, 3.8) is 0 Å². The lowest BCUT2D eigenvalue weighted by molar-refractivity contribution is -0.140. The van der Waals surface area contributed by atoms with Crippen molar-refractivity contribution in [2.75, 3.05) is 26.2 Å². The fourth-order valence-electron chi connectivity index (χ4n) is 2.16. The van der Waals surface area contributed by atoms with Crippen LogP contribution in [0.4, 0.5) is 0 Å². The van der Waals surface area contributed by atoms with Gasteiger partial charge in [0.1, 0.15) is 0 Å². The number of carbonyl (C=O) groups is 1. The van der Waals surface area contributed by atoms with Crippen LogP contribution >= 0.6 is 12.4 Å². The Bertz CT molecular complexity index is 230. The number of likely N-dealkylation sites (tertiary alicyclic amines) is 1. The highest BCUT2D eigenvalue weighted by Crippen LogP contribution is 2.23. The van der Waals surface area contributed by atoms with Crippen LogP contribution in [-0.2, 0) is 4.79 Å². The molecule has 0 atom stereocenters. The normalized spacial score (nSPS) is 17.8. The van der Waals surface area contributed by atoms with Crippen molar-refractivity contribution >= 4 is 18.3 Å². The van der Waals surface area contributed by atoms with Gasteiger partial charge >= 0.3 is 0 Å². The van der Waals surface area contributed by atoms with Gasteiger partial charge in [-0.1, -0.05) is 27.7 Å². The van der Waals surface area contributed by atoms with E-state index in [1.807, 2.05) is 25.7 Å². The Labute approximate surface area is 112 Å². The quantitative estimate of drug-likeness (QED) is 0.847. The van der Waals surface area contributed by atoms with Crippen molar-refractivity contribution in [3.05, 3.63) is 0 Å². The van der Waals surface area contributed by atoms with Crippen LogP contribution in [0.3, 0.4) is 0 Å². The van der Waals surface area contributed by atoms with E-state index in [1.54, 1.807) is 0 Å². The number of rotatable bonds is 3. The summed E-state index contributed by atoms with van der Waals surface area (Å²) in [6, 6.07) is 0. The first-order valence-corrected chi connectivity index (χ1v) is 6.45. The summed E-state index contributed by atoms with van der Waals surface area (Å²) in [6.45, 7) is 12.2. The van der Waals surface area contributed by atoms with Gasteiger partial charge in [0.15, 0.2) is 0 Å². The molecule has 0 aromatic carbocycles. The second kappa shape index (κ2) is 7.22. The minimum Gasteiger partial charge on any atom is -0.342 e. The Hall–Kier alpha value is -0.280. The number of hydrogen-bond donors (Lipinski definition) is 1. The van der Waals surface area contributed by atoms with Crippen molar-refractivity contribution in [2.45, 2.75) is 40.5 Å². The van der Waals surface area contributed by atoms with Crippen LogP contribution in [0.2, 0.25) is 0 Å². The lowest BCUT2D eigenvalue weighted by Gasteiger charge is -2.35. The van der Waals surface area contributed by atoms with E-state index in [0.717, 1.165) is 44.9 Å². The third-order valence-electron chi connectivity index (χ3n) is 3.23. The Morgan fingerprint density at radius 2 is 1.82 bits per heavy atom. The van der Waals surface area contributed by atoms with Gasteiger partial charge in [-0.2, -0.15) is 0 Å². The zero-order chi connectivity index (χ0) is 12.2. The maximum Gasteiger partial charge on any atom is 0.227 e. The molecular weight excluding hydrogens is 236 g/mol. The van der Waals surface area contributed by atoms with Crippen LogP contribution in [0.1, 0.15) is 40.5 Å². The molecule has 0 aromatic rings. The molecule has 0 aromatic heterocycles. The molecule has 1 N–H and O–H groups in total. The third-order valence-corrected chi connectivity index (χ3v) is 3.23. The average molecular weight is 263 g/mol. The first-order chi connectivity index (χ1) is 7.45. The van der Waals surface area contributed by atoms with Gasteiger partial charge in [-0.25, -0.2) is 0 Å². The maximum absolute atomic E-state index is 12.1. The molecule has 1 heterocycles. The van der Waals surface area contributed by atoms with Gasteiger partial charge in [0.25, 0.3) is 0 Å². The molecule has 1 rings (SSSR count). The number of nitrogens with one attached hydrogen (secondary N) is 1. The number of hydrogen-bond acceptors (Lipinski definition) is 2. The smallest absolute Gasteiger partial charge is 0.227 e. The summed E-state index contributed by atoms with van der Waals surface area (Å²) in [5.74, 6) is 1.05. The Kier molecular flexibility index (Phi) is 7.10. The Morgan fingerprint density at radius 3 is 2.24 bits per heavy atom. The SMILES string of the molecule is CCNCC1CCN(C(=O)C(C)(C)C)CC1.Cl. The van der Waals surface area contributed by atoms with E-state index < -0.39 is 0 Å². The second-order valence-electron chi connectivity index (χ2n) is 5.79. The molecule has 0 aliphatic carbocycles. The van der Waals surface area contributed by atoms with Crippen molar-refractivity contribution in [1.82, 2.24) is 10.2 Å². The van der Waals surface area contributed by atoms with Gasteiger partial charge in [-0.15, -0.1) is 12.4 Å².